The van der Waals surface area contributed by atoms with Crippen LogP contribution in [0.15, 0.2) is 0 Å². The van der Waals surface area contributed by atoms with Gasteiger partial charge in [0.2, 0.25) is 0 Å². The average molecular weight is 294 g/mol. The van der Waals surface area contributed by atoms with Gasteiger partial charge in [-0.05, 0) is 32.1 Å². The van der Waals surface area contributed by atoms with Crippen molar-refractivity contribution in [2.24, 2.45) is 5.41 Å². The summed E-state index contributed by atoms with van der Waals surface area (Å²) in [6.07, 6.45) is 2.14. The minimum absolute atomic E-state index is 0.190. The maximum absolute atomic E-state index is 11.4. The molecule has 21 heavy (non-hydrogen) atoms. The van der Waals surface area contributed by atoms with E-state index in [2.05, 4.69) is 30.4 Å². The maximum atomic E-state index is 11.4. The highest BCUT2D eigenvalue weighted by atomic mass is 16.7. The molecular formula is C16H22O5. The van der Waals surface area contributed by atoms with E-state index < -0.39 is 23.6 Å². The van der Waals surface area contributed by atoms with Crippen LogP contribution in [0.3, 0.4) is 0 Å². The summed E-state index contributed by atoms with van der Waals surface area (Å²) < 4.78 is 16.0. The minimum Gasteiger partial charge on any atom is -0.459 e. The fourth-order valence-corrected chi connectivity index (χ4v) is 3.72. The van der Waals surface area contributed by atoms with Crippen molar-refractivity contribution < 1.29 is 23.8 Å². The Hall–Kier alpha value is -1.54. The standard InChI is InChI=1S/C16H22O5/c1-11(17)20-12(7-8-13(18)19-5)16-14(2,3)9-6-10-15(16,4)21-16/h12H,6,9-10H2,1-5H3/t12-,15-,16+/m0/s1. The van der Waals surface area contributed by atoms with E-state index in [0.29, 0.717) is 0 Å². The quantitative estimate of drug-likeness (QED) is 0.336. The second kappa shape index (κ2) is 5.03. The number of carbonyl (C=O) groups excluding carboxylic acids is 2. The van der Waals surface area contributed by atoms with Gasteiger partial charge in [0.05, 0.1) is 7.11 Å². The molecule has 0 bridgehead atoms. The summed E-state index contributed by atoms with van der Waals surface area (Å²) in [5.41, 5.74) is -1.21. The molecule has 1 heterocycles. The number of esters is 2. The summed E-state index contributed by atoms with van der Waals surface area (Å²) >= 11 is 0. The Morgan fingerprint density at radius 2 is 1.90 bits per heavy atom. The van der Waals surface area contributed by atoms with E-state index in [4.69, 9.17) is 9.47 Å². The molecule has 5 heteroatoms. The Morgan fingerprint density at radius 1 is 1.24 bits per heavy atom. The highest BCUT2D eigenvalue weighted by Gasteiger charge is 2.78. The highest BCUT2D eigenvalue weighted by Crippen LogP contribution is 2.67. The molecule has 2 rings (SSSR count). The van der Waals surface area contributed by atoms with Gasteiger partial charge in [0.25, 0.3) is 0 Å². The zero-order valence-electron chi connectivity index (χ0n) is 13.2. The number of epoxide rings is 1. The van der Waals surface area contributed by atoms with Crippen molar-refractivity contribution in [3.8, 4) is 11.8 Å². The molecule has 0 aromatic heterocycles. The second-order valence-corrected chi connectivity index (χ2v) is 6.56. The first-order chi connectivity index (χ1) is 9.68. The molecule has 2 aliphatic rings. The molecule has 1 saturated heterocycles. The van der Waals surface area contributed by atoms with Gasteiger partial charge in [-0.2, -0.15) is 0 Å². The first kappa shape index (κ1) is 15.8. The minimum atomic E-state index is -0.769. The van der Waals surface area contributed by atoms with Crippen molar-refractivity contribution in [1.29, 1.82) is 0 Å². The third-order valence-electron chi connectivity index (χ3n) is 4.74. The van der Waals surface area contributed by atoms with E-state index >= 15 is 0 Å². The van der Waals surface area contributed by atoms with E-state index in [1.54, 1.807) is 0 Å². The van der Waals surface area contributed by atoms with Gasteiger partial charge in [-0.1, -0.05) is 13.8 Å². The molecule has 2 fully saturated rings. The van der Waals surface area contributed by atoms with Gasteiger partial charge >= 0.3 is 11.9 Å². The normalized spacial score (nSPS) is 33.8. The molecule has 0 N–H and O–H groups in total. The van der Waals surface area contributed by atoms with Crippen LogP contribution in [0.5, 0.6) is 0 Å². The fourth-order valence-electron chi connectivity index (χ4n) is 3.72. The van der Waals surface area contributed by atoms with Crippen LogP contribution in [0.2, 0.25) is 0 Å². The van der Waals surface area contributed by atoms with Crippen LogP contribution in [0, 0.1) is 17.3 Å². The highest BCUT2D eigenvalue weighted by molar-refractivity contribution is 5.88. The van der Waals surface area contributed by atoms with Crippen LogP contribution in [-0.4, -0.2) is 36.4 Å². The molecule has 1 saturated carbocycles. The van der Waals surface area contributed by atoms with E-state index in [1.165, 1.54) is 14.0 Å². The lowest BCUT2D eigenvalue weighted by Crippen LogP contribution is -2.51. The van der Waals surface area contributed by atoms with Crippen molar-refractivity contribution in [1.82, 2.24) is 0 Å². The van der Waals surface area contributed by atoms with Gasteiger partial charge in [0, 0.05) is 18.3 Å². The van der Waals surface area contributed by atoms with Crippen molar-refractivity contribution in [2.75, 3.05) is 7.11 Å². The second-order valence-electron chi connectivity index (χ2n) is 6.56. The molecule has 1 aliphatic heterocycles. The lowest BCUT2D eigenvalue weighted by atomic mass is 9.62. The first-order valence-corrected chi connectivity index (χ1v) is 7.15. The lowest BCUT2D eigenvalue weighted by Gasteiger charge is -2.40. The third-order valence-corrected chi connectivity index (χ3v) is 4.74. The number of hydrogen-bond donors (Lipinski definition) is 0. The number of carbonyl (C=O) groups is 2. The number of fused-ring (bicyclic) bond motifs is 1. The number of ether oxygens (including phenoxy) is 3. The van der Waals surface area contributed by atoms with E-state index in [-0.39, 0.29) is 11.0 Å². The van der Waals surface area contributed by atoms with Gasteiger partial charge in [0.15, 0.2) is 11.7 Å². The van der Waals surface area contributed by atoms with Crippen molar-refractivity contribution >= 4 is 11.9 Å². The summed E-state index contributed by atoms with van der Waals surface area (Å²) in [6.45, 7) is 7.53. The smallest absolute Gasteiger partial charge is 0.384 e. The number of rotatable bonds is 2. The molecule has 0 amide bonds. The van der Waals surface area contributed by atoms with Crippen LogP contribution in [0.1, 0.15) is 47.0 Å². The molecule has 0 aromatic carbocycles. The monoisotopic (exact) mass is 294 g/mol. The van der Waals surface area contributed by atoms with Crippen molar-refractivity contribution in [2.45, 2.75) is 64.3 Å². The zero-order valence-corrected chi connectivity index (χ0v) is 13.2. The fraction of sp³-hybridized carbons (Fsp3) is 0.750. The van der Waals surface area contributed by atoms with Crippen LogP contribution >= 0.6 is 0 Å². The molecule has 0 radical (unpaired) electrons. The molecule has 3 atom stereocenters. The topological polar surface area (TPSA) is 65.1 Å². The molecular weight excluding hydrogens is 272 g/mol. The summed E-state index contributed by atoms with van der Waals surface area (Å²) in [5, 5.41) is 0. The Bertz CT molecular complexity index is 527. The van der Waals surface area contributed by atoms with Crippen molar-refractivity contribution in [3.05, 3.63) is 0 Å². The maximum Gasteiger partial charge on any atom is 0.384 e. The number of methoxy groups -OCH3 is 1. The molecule has 0 spiro atoms. The third kappa shape index (κ3) is 2.42. The van der Waals surface area contributed by atoms with Crippen LogP contribution in [0.25, 0.3) is 0 Å². The molecule has 1 aliphatic carbocycles. The Labute approximate surface area is 125 Å². The van der Waals surface area contributed by atoms with Gasteiger partial charge in [-0.3, -0.25) is 4.79 Å². The van der Waals surface area contributed by atoms with E-state index in [1.807, 2.05) is 6.92 Å². The molecule has 0 aromatic rings. The molecule has 5 nitrogen and oxygen atoms in total. The average Bonchev–Trinajstić information content (AvgIpc) is 3.02. The largest absolute Gasteiger partial charge is 0.459 e. The summed E-state index contributed by atoms with van der Waals surface area (Å²) in [4.78, 5) is 22.7. The zero-order chi connectivity index (χ0) is 15.9. The Morgan fingerprint density at radius 3 is 2.43 bits per heavy atom. The van der Waals surface area contributed by atoms with Crippen LogP contribution in [0.4, 0.5) is 0 Å². The Balaban J connectivity index is 2.37. The van der Waals surface area contributed by atoms with Gasteiger partial charge in [-0.25, -0.2) is 4.79 Å². The van der Waals surface area contributed by atoms with E-state index in [0.717, 1.165) is 19.3 Å². The SMILES string of the molecule is COC(=O)C#C[C@H](OC(C)=O)[C@]12O[C@@]1(C)CCCC2(C)C. The molecule has 116 valence electrons. The predicted octanol–water partition coefficient (Wildman–Crippen LogP) is 1.83. The van der Waals surface area contributed by atoms with Crippen LogP contribution < -0.4 is 0 Å². The summed E-state index contributed by atoms with van der Waals surface area (Å²) in [6, 6.07) is 0. The first-order valence-electron chi connectivity index (χ1n) is 7.15. The van der Waals surface area contributed by atoms with Crippen LogP contribution in [-0.2, 0) is 23.8 Å². The predicted molar refractivity (Wildman–Crippen MR) is 75.2 cm³/mol. The van der Waals surface area contributed by atoms with Crippen molar-refractivity contribution in [3.63, 3.8) is 0 Å². The Kier molecular flexibility index (Phi) is 3.79. The molecule has 0 unspecified atom stereocenters. The van der Waals surface area contributed by atoms with Gasteiger partial charge in [0.1, 0.15) is 5.60 Å². The van der Waals surface area contributed by atoms with E-state index in [9.17, 15) is 9.59 Å². The summed E-state index contributed by atoms with van der Waals surface area (Å²) in [5.74, 6) is 4.03. The summed E-state index contributed by atoms with van der Waals surface area (Å²) in [7, 11) is 1.26. The number of hydrogen-bond acceptors (Lipinski definition) is 5. The lowest BCUT2D eigenvalue weighted by molar-refractivity contribution is -0.149. The van der Waals surface area contributed by atoms with Gasteiger partial charge < -0.3 is 14.2 Å². The van der Waals surface area contributed by atoms with Gasteiger partial charge in [-0.15, -0.1) is 0 Å².